The molecule has 0 heteroatoms. The molecule has 0 aromatic heterocycles. The molecule has 4 rings (SSSR count). The van der Waals surface area contributed by atoms with Gasteiger partial charge in [0.1, 0.15) is 0 Å². The zero-order chi connectivity index (χ0) is 9.77. The largest absolute Gasteiger partial charge is 0.0591 e. The maximum Gasteiger partial charge on any atom is -0.0232 e. The predicted molar refractivity (Wildman–Crippen MR) is 57.9 cm³/mol. The highest BCUT2D eigenvalue weighted by Crippen LogP contribution is 2.85. The molecule has 0 aliphatic heterocycles. The van der Waals surface area contributed by atoms with Gasteiger partial charge in [-0.2, -0.15) is 0 Å². The summed E-state index contributed by atoms with van der Waals surface area (Å²) < 4.78 is 0. The Kier molecular flexibility index (Phi) is 1.07. The van der Waals surface area contributed by atoms with Crippen LogP contribution in [0.15, 0.2) is 0 Å². The fourth-order valence-corrected chi connectivity index (χ4v) is 5.85. The van der Waals surface area contributed by atoms with E-state index in [-0.39, 0.29) is 0 Å². The summed E-state index contributed by atoms with van der Waals surface area (Å²) >= 11 is 0. The minimum absolute atomic E-state index is 0.654. The molecule has 78 valence electrons. The second-order valence-corrected chi connectivity index (χ2v) is 7.41. The Balaban J connectivity index is 1.89. The summed E-state index contributed by atoms with van der Waals surface area (Å²) in [5.41, 5.74) is 2.25. The summed E-state index contributed by atoms with van der Waals surface area (Å²) in [6.07, 6.45) is 7.84. The normalized spacial score (nSPS) is 59.8. The van der Waals surface area contributed by atoms with E-state index in [1.54, 1.807) is 25.7 Å². The molecule has 4 saturated carbocycles. The first kappa shape index (κ1) is 8.19. The van der Waals surface area contributed by atoms with Gasteiger partial charge in [-0.3, -0.25) is 0 Å². The quantitative estimate of drug-likeness (QED) is 0.544. The predicted octanol–water partition coefficient (Wildman–Crippen LogP) is 3.86. The summed E-state index contributed by atoms with van der Waals surface area (Å²) in [7, 11) is 0. The van der Waals surface area contributed by atoms with E-state index in [0.717, 1.165) is 22.7 Å². The van der Waals surface area contributed by atoms with E-state index in [2.05, 4.69) is 20.8 Å². The van der Waals surface area contributed by atoms with Gasteiger partial charge in [0, 0.05) is 0 Å². The summed E-state index contributed by atoms with van der Waals surface area (Å²) in [5, 5.41) is 0. The maximum absolute atomic E-state index is 2.60. The second-order valence-electron chi connectivity index (χ2n) is 7.41. The molecule has 4 aliphatic rings. The fraction of sp³-hybridized carbons (Fsp3) is 1.00. The van der Waals surface area contributed by atoms with Crippen molar-refractivity contribution >= 4 is 0 Å². The monoisotopic (exact) mass is 190 g/mol. The Morgan fingerprint density at radius 2 is 1.64 bits per heavy atom. The standard InChI is InChI=1S/C14H22/c1-12(2)11-4-5-13(12,3)9-8-10(9)14(11)6-7-14/h9-11H,4-8H2,1-3H3. The van der Waals surface area contributed by atoms with Crippen LogP contribution in [0.25, 0.3) is 0 Å². The van der Waals surface area contributed by atoms with Gasteiger partial charge in [0.25, 0.3) is 0 Å². The first-order valence-electron chi connectivity index (χ1n) is 6.52. The van der Waals surface area contributed by atoms with Crippen molar-refractivity contribution in [1.82, 2.24) is 0 Å². The Morgan fingerprint density at radius 3 is 2.29 bits per heavy atom. The highest BCUT2D eigenvalue weighted by atomic mass is 14.8. The first-order valence-corrected chi connectivity index (χ1v) is 6.52. The van der Waals surface area contributed by atoms with Gasteiger partial charge in [0.2, 0.25) is 0 Å². The third-order valence-electron chi connectivity index (χ3n) is 7.16. The zero-order valence-corrected chi connectivity index (χ0v) is 9.77. The van der Waals surface area contributed by atoms with Crippen LogP contribution >= 0.6 is 0 Å². The fourth-order valence-electron chi connectivity index (χ4n) is 5.85. The maximum atomic E-state index is 2.60. The summed E-state index contributed by atoms with van der Waals surface area (Å²) in [6.45, 7) is 7.77. The van der Waals surface area contributed by atoms with Crippen molar-refractivity contribution in [3.8, 4) is 0 Å². The Morgan fingerprint density at radius 1 is 0.929 bits per heavy atom. The van der Waals surface area contributed by atoms with E-state index in [1.807, 2.05) is 0 Å². The van der Waals surface area contributed by atoms with Crippen molar-refractivity contribution in [3.63, 3.8) is 0 Å². The van der Waals surface area contributed by atoms with Gasteiger partial charge >= 0.3 is 0 Å². The molecule has 1 spiro atoms. The minimum atomic E-state index is 0.654. The van der Waals surface area contributed by atoms with Gasteiger partial charge < -0.3 is 0 Å². The topological polar surface area (TPSA) is 0 Å². The van der Waals surface area contributed by atoms with Crippen LogP contribution in [-0.2, 0) is 0 Å². The van der Waals surface area contributed by atoms with E-state index in [4.69, 9.17) is 0 Å². The molecule has 2 bridgehead atoms. The SMILES string of the molecule is CC1(C)C2CCC1(C)C1CC1C21CC1. The van der Waals surface area contributed by atoms with Crippen molar-refractivity contribution in [3.05, 3.63) is 0 Å². The van der Waals surface area contributed by atoms with Gasteiger partial charge in [0.05, 0.1) is 0 Å². The highest BCUT2D eigenvalue weighted by molar-refractivity contribution is 5.26. The van der Waals surface area contributed by atoms with E-state index in [0.29, 0.717) is 5.41 Å². The lowest BCUT2D eigenvalue weighted by Gasteiger charge is -2.50. The van der Waals surface area contributed by atoms with E-state index >= 15 is 0 Å². The van der Waals surface area contributed by atoms with E-state index < -0.39 is 0 Å². The summed E-state index contributed by atoms with van der Waals surface area (Å²) in [4.78, 5) is 0. The minimum Gasteiger partial charge on any atom is -0.0591 e. The van der Waals surface area contributed by atoms with Gasteiger partial charge in [-0.1, -0.05) is 20.8 Å². The van der Waals surface area contributed by atoms with Crippen LogP contribution in [0.3, 0.4) is 0 Å². The van der Waals surface area contributed by atoms with Crippen LogP contribution < -0.4 is 0 Å². The molecule has 4 fully saturated rings. The highest BCUT2D eigenvalue weighted by Gasteiger charge is 2.77. The molecular weight excluding hydrogens is 168 g/mol. The van der Waals surface area contributed by atoms with E-state index in [1.165, 1.54) is 12.3 Å². The second kappa shape index (κ2) is 1.83. The van der Waals surface area contributed by atoms with Crippen molar-refractivity contribution in [2.24, 2.45) is 34.0 Å². The lowest BCUT2D eigenvalue weighted by molar-refractivity contribution is -0.0198. The lowest BCUT2D eigenvalue weighted by Crippen LogP contribution is -2.44. The summed E-state index contributed by atoms with van der Waals surface area (Å²) in [6, 6.07) is 0. The van der Waals surface area contributed by atoms with Crippen LogP contribution in [0.4, 0.5) is 0 Å². The molecule has 0 aromatic carbocycles. The molecule has 14 heavy (non-hydrogen) atoms. The van der Waals surface area contributed by atoms with Crippen LogP contribution in [0.1, 0.15) is 52.9 Å². The molecule has 4 aliphatic carbocycles. The molecule has 0 aromatic rings. The average Bonchev–Trinajstić information content (AvgIpc) is 2.96. The molecule has 0 amide bonds. The number of hydrogen-bond acceptors (Lipinski definition) is 0. The first-order chi connectivity index (χ1) is 6.52. The molecule has 4 atom stereocenters. The van der Waals surface area contributed by atoms with E-state index in [9.17, 15) is 0 Å². The molecule has 0 heterocycles. The third kappa shape index (κ3) is 0.581. The number of hydrogen-bond donors (Lipinski definition) is 0. The zero-order valence-electron chi connectivity index (χ0n) is 9.77. The Bertz CT molecular complexity index is 310. The van der Waals surface area contributed by atoms with Crippen LogP contribution in [-0.4, -0.2) is 0 Å². The molecule has 4 unspecified atom stereocenters. The van der Waals surface area contributed by atoms with Crippen molar-refractivity contribution in [2.45, 2.75) is 52.9 Å². The van der Waals surface area contributed by atoms with Gasteiger partial charge in [0.15, 0.2) is 0 Å². The molecule has 0 nitrogen and oxygen atoms in total. The molecular formula is C14H22. The van der Waals surface area contributed by atoms with Crippen molar-refractivity contribution in [1.29, 1.82) is 0 Å². The van der Waals surface area contributed by atoms with Crippen molar-refractivity contribution in [2.75, 3.05) is 0 Å². The van der Waals surface area contributed by atoms with Gasteiger partial charge in [-0.15, -0.1) is 0 Å². The number of fused-ring (bicyclic) bond motifs is 6. The molecule has 0 N–H and O–H groups in total. The van der Waals surface area contributed by atoms with Gasteiger partial charge in [-0.05, 0) is 66.1 Å². The lowest BCUT2D eigenvalue weighted by atomic mass is 9.55. The molecule has 0 radical (unpaired) electrons. The average molecular weight is 190 g/mol. The Hall–Kier alpha value is 0. The van der Waals surface area contributed by atoms with Crippen LogP contribution in [0, 0.1) is 34.0 Å². The van der Waals surface area contributed by atoms with Gasteiger partial charge in [-0.25, -0.2) is 0 Å². The van der Waals surface area contributed by atoms with Crippen molar-refractivity contribution < 1.29 is 0 Å². The smallest absolute Gasteiger partial charge is 0.0232 e. The van der Waals surface area contributed by atoms with Crippen LogP contribution in [0.5, 0.6) is 0 Å². The number of rotatable bonds is 0. The van der Waals surface area contributed by atoms with Crippen LogP contribution in [0.2, 0.25) is 0 Å². The third-order valence-corrected chi connectivity index (χ3v) is 7.16. The Labute approximate surface area is 87.5 Å². The summed E-state index contributed by atoms with van der Waals surface area (Å²) in [5.74, 6) is 3.38. The molecule has 0 saturated heterocycles.